The third kappa shape index (κ3) is 4.09. The molecule has 2 aromatic rings. The summed E-state index contributed by atoms with van der Waals surface area (Å²) in [6.45, 7) is 0.320. The van der Waals surface area contributed by atoms with E-state index in [1.54, 1.807) is 6.07 Å². The van der Waals surface area contributed by atoms with Crippen LogP contribution in [0.25, 0.3) is 11.0 Å². The fourth-order valence-electron chi connectivity index (χ4n) is 2.69. The number of imidazole rings is 1. The highest BCUT2D eigenvalue weighted by atomic mass is 35.5. The van der Waals surface area contributed by atoms with E-state index in [1.807, 2.05) is 0 Å². The van der Waals surface area contributed by atoms with Crippen molar-refractivity contribution in [3.05, 3.63) is 29.8 Å². The SMILES string of the molecule is Cl.Cl.N[C@@H]1CC[C@H](C(=O)NCc2nc3ccc(F)cc3[nH]2)C1. The first-order valence-electron chi connectivity index (χ1n) is 6.79. The molecule has 0 spiro atoms. The minimum Gasteiger partial charge on any atom is -0.349 e. The molecular formula is C14H19Cl2FN4O. The summed E-state index contributed by atoms with van der Waals surface area (Å²) in [6, 6.07) is 4.51. The number of rotatable bonds is 3. The molecule has 1 aliphatic rings. The molecule has 3 rings (SSSR count). The molecule has 122 valence electrons. The average Bonchev–Trinajstić information content (AvgIpc) is 3.01. The van der Waals surface area contributed by atoms with E-state index < -0.39 is 0 Å². The Morgan fingerprint density at radius 3 is 2.86 bits per heavy atom. The Morgan fingerprint density at radius 2 is 2.18 bits per heavy atom. The molecule has 0 radical (unpaired) electrons. The van der Waals surface area contributed by atoms with Gasteiger partial charge in [-0.05, 0) is 37.5 Å². The second-order valence-electron chi connectivity index (χ2n) is 5.33. The molecule has 8 heteroatoms. The number of amides is 1. The Hall–Kier alpha value is -1.37. The molecule has 1 aromatic heterocycles. The number of benzene rings is 1. The molecule has 2 atom stereocenters. The van der Waals surface area contributed by atoms with Gasteiger partial charge < -0.3 is 16.0 Å². The summed E-state index contributed by atoms with van der Waals surface area (Å²) in [5.41, 5.74) is 7.13. The van der Waals surface area contributed by atoms with E-state index >= 15 is 0 Å². The van der Waals surface area contributed by atoms with E-state index in [2.05, 4.69) is 15.3 Å². The van der Waals surface area contributed by atoms with Crippen LogP contribution in [-0.2, 0) is 11.3 Å². The summed E-state index contributed by atoms with van der Waals surface area (Å²) in [5, 5.41) is 2.86. The number of nitrogens with two attached hydrogens (primary N) is 1. The summed E-state index contributed by atoms with van der Waals surface area (Å²) < 4.78 is 13.1. The smallest absolute Gasteiger partial charge is 0.223 e. The molecule has 0 bridgehead atoms. The van der Waals surface area contributed by atoms with Crippen molar-refractivity contribution in [3.63, 3.8) is 0 Å². The minimum absolute atomic E-state index is 0. The number of fused-ring (bicyclic) bond motifs is 1. The predicted octanol–water partition coefficient (Wildman–Crippen LogP) is 2.29. The van der Waals surface area contributed by atoms with Crippen LogP contribution in [0.15, 0.2) is 18.2 Å². The van der Waals surface area contributed by atoms with Gasteiger partial charge in [-0.1, -0.05) is 0 Å². The number of nitrogens with one attached hydrogen (secondary N) is 2. The molecule has 0 unspecified atom stereocenters. The molecule has 1 saturated carbocycles. The van der Waals surface area contributed by atoms with Gasteiger partial charge in [0.2, 0.25) is 5.91 Å². The molecule has 0 aliphatic heterocycles. The van der Waals surface area contributed by atoms with Crippen LogP contribution in [0.3, 0.4) is 0 Å². The number of aromatic amines is 1. The molecule has 4 N–H and O–H groups in total. The van der Waals surface area contributed by atoms with Crippen LogP contribution in [0.5, 0.6) is 0 Å². The van der Waals surface area contributed by atoms with Gasteiger partial charge in [0, 0.05) is 12.0 Å². The average molecular weight is 349 g/mol. The van der Waals surface area contributed by atoms with Crippen LogP contribution < -0.4 is 11.1 Å². The largest absolute Gasteiger partial charge is 0.349 e. The van der Waals surface area contributed by atoms with Crippen molar-refractivity contribution in [1.82, 2.24) is 15.3 Å². The van der Waals surface area contributed by atoms with E-state index in [1.165, 1.54) is 12.1 Å². The number of carbonyl (C=O) groups is 1. The van der Waals surface area contributed by atoms with Crippen molar-refractivity contribution in [3.8, 4) is 0 Å². The molecular weight excluding hydrogens is 330 g/mol. The molecule has 1 amide bonds. The highest BCUT2D eigenvalue weighted by Gasteiger charge is 2.27. The van der Waals surface area contributed by atoms with Gasteiger partial charge in [0.15, 0.2) is 0 Å². The number of halogens is 3. The summed E-state index contributed by atoms with van der Waals surface area (Å²) >= 11 is 0. The Labute approximate surface area is 140 Å². The lowest BCUT2D eigenvalue weighted by atomic mass is 10.1. The maximum Gasteiger partial charge on any atom is 0.223 e. The molecule has 1 aliphatic carbocycles. The molecule has 0 saturated heterocycles. The van der Waals surface area contributed by atoms with Gasteiger partial charge in [0.05, 0.1) is 17.6 Å². The highest BCUT2D eigenvalue weighted by Crippen LogP contribution is 2.24. The lowest BCUT2D eigenvalue weighted by molar-refractivity contribution is -0.125. The van der Waals surface area contributed by atoms with Gasteiger partial charge in [0.1, 0.15) is 11.6 Å². The number of hydrogen-bond acceptors (Lipinski definition) is 3. The Morgan fingerprint density at radius 1 is 1.41 bits per heavy atom. The Bertz CT molecular complexity index is 649. The first kappa shape index (κ1) is 18.7. The number of aromatic nitrogens is 2. The van der Waals surface area contributed by atoms with E-state index in [0.29, 0.717) is 23.4 Å². The molecule has 22 heavy (non-hydrogen) atoms. The normalized spacial score (nSPS) is 20.3. The first-order valence-corrected chi connectivity index (χ1v) is 6.79. The van der Waals surface area contributed by atoms with E-state index in [4.69, 9.17) is 5.73 Å². The zero-order chi connectivity index (χ0) is 14.1. The number of hydrogen-bond donors (Lipinski definition) is 3. The van der Waals surface area contributed by atoms with E-state index in [0.717, 1.165) is 19.3 Å². The summed E-state index contributed by atoms with van der Waals surface area (Å²) in [7, 11) is 0. The van der Waals surface area contributed by atoms with Gasteiger partial charge in [-0.25, -0.2) is 9.37 Å². The Kier molecular flexibility index (Phi) is 6.59. The van der Waals surface area contributed by atoms with Gasteiger partial charge in [-0.15, -0.1) is 24.8 Å². The molecule has 1 heterocycles. The van der Waals surface area contributed by atoms with Crippen LogP contribution >= 0.6 is 24.8 Å². The van der Waals surface area contributed by atoms with Crippen LogP contribution in [0.2, 0.25) is 0 Å². The Balaban J connectivity index is 0.00000121. The van der Waals surface area contributed by atoms with Gasteiger partial charge in [-0.2, -0.15) is 0 Å². The van der Waals surface area contributed by atoms with Gasteiger partial charge >= 0.3 is 0 Å². The second-order valence-corrected chi connectivity index (χ2v) is 5.33. The van der Waals surface area contributed by atoms with Crippen LogP contribution in [-0.4, -0.2) is 21.9 Å². The maximum absolute atomic E-state index is 13.1. The minimum atomic E-state index is -0.309. The molecule has 5 nitrogen and oxygen atoms in total. The topological polar surface area (TPSA) is 83.8 Å². The zero-order valence-corrected chi connectivity index (χ0v) is 13.5. The number of H-pyrrole nitrogens is 1. The summed E-state index contributed by atoms with van der Waals surface area (Å²) in [4.78, 5) is 19.3. The zero-order valence-electron chi connectivity index (χ0n) is 11.8. The van der Waals surface area contributed by atoms with E-state index in [9.17, 15) is 9.18 Å². The predicted molar refractivity (Wildman–Crippen MR) is 87.7 cm³/mol. The van der Waals surface area contributed by atoms with Gasteiger partial charge in [-0.3, -0.25) is 4.79 Å². The van der Waals surface area contributed by atoms with Crippen molar-refractivity contribution >= 4 is 41.8 Å². The van der Waals surface area contributed by atoms with Crippen molar-refractivity contribution in [2.45, 2.75) is 31.8 Å². The van der Waals surface area contributed by atoms with Crippen molar-refractivity contribution in [2.24, 2.45) is 11.7 Å². The summed E-state index contributed by atoms with van der Waals surface area (Å²) in [6.07, 6.45) is 2.50. The standard InChI is InChI=1S/C14H17FN4O.2ClH/c15-9-2-4-11-12(6-9)19-13(18-11)7-17-14(20)8-1-3-10(16)5-8;;/h2,4,6,8,10H,1,3,5,7,16H2,(H,17,20)(H,18,19);2*1H/t8-,10+;;/m0../s1. The van der Waals surface area contributed by atoms with Crippen molar-refractivity contribution in [2.75, 3.05) is 0 Å². The fraction of sp³-hybridized carbons (Fsp3) is 0.429. The first-order chi connectivity index (χ1) is 9.61. The van der Waals surface area contributed by atoms with E-state index in [-0.39, 0.29) is 48.5 Å². The summed E-state index contributed by atoms with van der Waals surface area (Å²) in [5.74, 6) is 0.342. The quantitative estimate of drug-likeness (QED) is 0.795. The molecule has 1 aromatic carbocycles. The van der Waals surface area contributed by atoms with Crippen LogP contribution in [0.4, 0.5) is 4.39 Å². The third-order valence-corrected chi connectivity index (χ3v) is 3.77. The monoisotopic (exact) mass is 348 g/mol. The number of nitrogens with zero attached hydrogens (tertiary/aromatic N) is 1. The molecule has 1 fully saturated rings. The third-order valence-electron chi connectivity index (χ3n) is 3.77. The highest BCUT2D eigenvalue weighted by molar-refractivity contribution is 5.85. The van der Waals surface area contributed by atoms with Crippen LogP contribution in [0, 0.1) is 11.7 Å². The van der Waals surface area contributed by atoms with Crippen LogP contribution in [0.1, 0.15) is 25.1 Å². The fourth-order valence-corrected chi connectivity index (χ4v) is 2.69. The maximum atomic E-state index is 13.1. The van der Waals surface area contributed by atoms with Crippen molar-refractivity contribution < 1.29 is 9.18 Å². The second kappa shape index (κ2) is 7.76. The van der Waals surface area contributed by atoms with Crippen molar-refractivity contribution in [1.29, 1.82) is 0 Å². The lowest BCUT2D eigenvalue weighted by Crippen LogP contribution is -2.30. The van der Waals surface area contributed by atoms with Gasteiger partial charge in [0.25, 0.3) is 0 Å². The lowest BCUT2D eigenvalue weighted by Gasteiger charge is -2.09. The number of carbonyl (C=O) groups excluding carboxylic acids is 1.